The van der Waals surface area contributed by atoms with E-state index < -0.39 is 0 Å². The Labute approximate surface area is 91.7 Å². The van der Waals surface area contributed by atoms with Crippen molar-refractivity contribution in [1.82, 2.24) is 9.78 Å². The molecule has 1 aromatic rings. The molecule has 1 aliphatic carbocycles. The van der Waals surface area contributed by atoms with Gasteiger partial charge in [0.2, 0.25) is 0 Å². The molecule has 84 valence electrons. The van der Waals surface area contributed by atoms with E-state index >= 15 is 0 Å². The van der Waals surface area contributed by atoms with Gasteiger partial charge in [0, 0.05) is 24.2 Å². The van der Waals surface area contributed by atoms with Gasteiger partial charge < -0.3 is 5.73 Å². The van der Waals surface area contributed by atoms with Crippen LogP contribution in [-0.2, 0) is 12.0 Å². The lowest BCUT2D eigenvalue weighted by Gasteiger charge is -2.17. The number of hydrogen-bond acceptors (Lipinski definition) is 2. The van der Waals surface area contributed by atoms with E-state index in [1.165, 1.54) is 18.4 Å². The van der Waals surface area contributed by atoms with Crippen molar-refractivity contribution in [1.29, 1.82) is 0 Å². The molecule has 1 aromatic heterocycles. The van der Waals surface area contributed by atoms with Gasteiger partial charge in [-0.25, -0.2) is 0 Å². The molecule has 3 heteroatoms. The van der Waals surface area contributed by atoms with Crippen molar-refractivity contribution in [2.24, 2.45) is 11.7 Å². The van der Waals surface area contributed by atoms with Crippen LogP contribution in [-0.4, -0.2) is 15.8 Å². The van der Waals surface area contributed by atoms with Crippen molar-refractivity contribution in [2.75, 3.05) is 0 Å². The molecule has 1 saturated carbocycles. The summed E-state index contributed by atoms with van der Waals surface area (Å²) in [6.07, 6.45) is 6.62. The summed E-state index contributed by atoms with van der Waals surface area (Å²) in [5.74, 6) is 0.642. The van der Waals surface area contributed by atoms with E-state index in [1.807, 2.05) is 10.9 Å². The molecule has 0 bridgehead atoms. The van der Waals surface area contributed by atoms with Gasteiger partial charge in [-0.15, -0.1) is 0 Å². The Morgan fingerprint density at radius 3 is 2.60 bits per heavy atom. The molecule has 2 N–H and O–H groups in total. The van der Waals surface area contributed by atoms with Crippen LogP contribution in [0.5, 0.6) is 0 Å². The van der Waals surface area contributed by atoms with Crippen molar-refractivity contribution in [3.05, 3.63) is 18.0 Å². The molecule has 0 saturated heterocycles. The van der Waals surface area contributed by atoms with Crippen molar-refractivity contribution < 1.29 is 0 Å². The molecule has 1 atom stereocenters. The molecule has 1 fully saturated rings. The zero-order valence-corrected chi connectivity index (χ0v) is 9.90. The van der Waals surface area contributed by atoms with Crippen LogP contribution >= 0.6 is 0 Å². The minimum absolute atomic E-state index is 0.245. The second-order valence-electron chi connectivity index (χ2n) is 5.29. The largest absolute Gasteiger partial charge is 0.327 e. The summed E-state index contributed by atoms with van der Waals surface area (Å²) in [5, 5.41) is 4.41. The molecular formula is C12H21N3. The molecule has 15 heavy (non-hydrogen) atoms. The summed E-state index contributed by atoms with van der Waals surface area (Å²) in [6, 6.07) is 0.245. The third-order valence-corrected chi connectivity index (χ3v) is 3.42. The maximum Gasteiger partial charge on any atom is 0.0528 e. The van der Waals surface area contributed by atoms with E-state index in [0.29, 0.717) is 5.92 Å². The quantitative estimate of drug-likeness (QED) is 0.819. The average molecular weight is 207 g/mol. The van der Waals surface area contributed by atoms with Gasteiger partial charge in [-0.3, -0.25) is 4.68 Å². The highest BCUT2D eigenvalue weighted by Gasteiger charge is 2.48. The lowest BCUT2D eigenvalue weighted by atomic mass is 9.92. The van der Waals surface area contributed by atoms with Crippen molar-refractivity contribution in [2.45, 2.75) is 51.6 Å². The van der Waals surface area contributed by atoms with Crippen LogP contribution in [0, 0.1) is 5.92 Å². The van der Waals surface area contributed by atoms with E-state index in [2.05, 4.69) is 32.1 Å². The van der Waals surface area contributed by atoms with Crippen LogP contribution in [0.1, 0.15) is 39.2 Å². The van der Waals surface area contributed by atoms with E-state index in [4.69, 9.17) is 5.73 Å². The first-order valence-electron chi connectivity index (χ1n) is 5.83. The maximum atomic E-state index is 6.04. The van der Waals surface area contributed by atoms with Crippen molar-refractivity contribution >= 4 is 0 Å². The Morgan fingerprint density at radius 2 is 2.13 bits per heavy atom. The van der Waals surface area contributed by atoms with Crippen molar-refractivity contribution in [3.8, 4) is 0 Å². The van der Waals surface area contributed by atoms with Crippen LogP contribution in [0.3, 0.4) is 0 Å². The van der Waals surface area contributed by atoms with Crippen LogP contribution in [0.2, 0.25) is 0 Å². The monoisotopic (exact) mass is 207 g/mol. The fraction of sp³-hybridized carbons (Fsp3) is 0.750. The molecule has 1 heterocycles. The highest BCUT2D eigenvalue weighted by molar-refractivity contribution is 5.29. The topological polar surface area (TPSA) is 43.8 Å². The third kappa shape index (κ3) is 1.93. The second-order valence-corrected chi connectivity index (χ2v) is 5.29. The van der Waals surface area contributed by atoms with Crippen LogP contribution in [0.25, 0.3) is 0 Å². The Kier molecular flexibility index (Phi) is 2.59. The summed E-state index contributed by atoms with van der Waals surface area (Å²) in [6.45, 7) is 7.52. The number of nitrogens with zero attached hydrogens (tertiary/aromatic N) is 2. The lowest BCUT2D eigenvalue weighted by Crippen LogP contribution is -2.31. The number of nitrogens with two attached hydrogens (primary N) is 1. The summed E-state index contributed by atoms with van der Waals surface area (Å²) in [7, 11) is 0. The predicted octanol–water partition coefficient (Wildman–Crippen LogP) is 1.92. The zero-order chi connectivity index (χ0) is 11.1. The molecule has 0 aromatic carbocycles. The smallest absolute Gasteiger partial charge is 0.0528 e. The molecular weight excluding hydrogens is 186 g/mol. The Morgan fingerprint density at radius 1 is 1.47 bits per heavy atom. The number of hydrogen-bond donors (Lipinski definition) is 1. The molecule has 0 spiro atoms. The summed E-state index contributed by atoms with van der Waals surface area (Å²) in [4.78, 5) is 0. The maximum absolute atomic E-state index is 6.04. The summed E-state index contributed by atoms with van der Waals surface area (Å²) >= 11 is 0. The van der Waals surface area contributed by atoms with Gasteiger partial charge in [0.25, 0.3) is 0 Å². The van der Waals surface area contributed by atoms with Gasteiger partial charge in [0.1, 0.15) is 0 Å². The number of aromatic nitrogens is 2. The molecule has 0 radical (unpaired) electrons. The lowest BCUT2D eigenvalue weighted by molar-refractivity contribution is 0.481. The normalized spacial score (nSPS) is 20.6. The predicted molar refractivity (Wildman–Crippen MR) is 61.6 cm³/mol. The summed E-state index contributed by atoms with van der Waals surface area (Å²) < 4.78 is 2.04. The van der Waals surface area contributed by atoms with Gasteiger partial charge in [0.05, 0.1) is 6.20 Å². The van der Waals surface area contributed by atoms with Gasteiger partial charge >= 0.3 is 0 Å². The summed E-state index contributed by atoms with van der Waals surface area (Å²) in [5.41, 5.74) is 7.62. The minimum Gasteiger partial charge on any atom is -0.327 e. The molecule has 3 nitrogen and oxygen atoms in total. The molecule has 0 amide bonds. The average Bonchev–Trinajstić information content (AvgIpc) is 2.83. The minimum atomic E-state index is 0.245. The molecule has 2 rings (SSSR count). The van der Waals surface area contributed by atoms with Gasteiger partial charge in [-0.05, 0) is 31.2 Å². The van der Waals surface area contributed by atoms with Gasteiger partial charge in [-0.2, -0.15) is 5.10 Å². The highest BCUT2D eigenvalue weighted by atomic mass is 15.3. The van der Waals surface area contributed by atoms with Crippen LogP contribution < -0.4 is 5.73 Å². The molecule has 1 aliphatic rings. The fourth-order valence-electron chi connectivity index (χ4n) is 2.24. The Hall–Kier alpha value is -0.830. The van der Waals surface area contributed by atoms with E-state index in [-0.39, 0.29) is 11.5 Å². The SMILES string of the molecule is CC(C)Cn1cc(C2(C(C)N)CC2)cn1. The van der Waals surface area contributed by atoms with Gasteiger partial charge in [-0.1, -0.05) is 13.8 Å². The first kappa shape index (κ1) is 10.7. The standard InChI is InChI=1S/C12H21N3/c1-9(2)7-15-8-11(6-14-15)12(4-5-12)10(3)13/h6,8-10H,4-5,7,13H2,1-3H3. The Balaban J connectivity index is 2.14. The Bertz CT molecular complexity index is 334. The van der Waals surface area contributed by atoms with Crippen LogP contribution in [0.4, 0.5) is 0 Å². The zero-order valence-electron chi connectivity index (χ0n) is 9.90. The van der Waals surface area contributed by atoms with E-state index in [9.17, 15) is 0 Å². The van der Waals surface area contributed by atoms with E-state index in [0.717, 1.165) is 6.54 Å². The first-order valence-corrected chi connectivity index (χ1v) is 5.83. The molecule has 1 unspecified atom stereocenters. The van der Waals surface area contributed by atoms with Crippen molar-refractivity contribution in [3.63, 3.8) is 0 Å². The number of rotatable bonds is 4. The van der Waals surface area contributed by atoms with Crippen LogP contribution in [0.15, 0.2) is 12.4 Å². The second kappa shape index (κ2) is 3.63. The molecule has 0 aliphatic heterocycles. The van der Waals surface area contributed by atoms with E-state index in [1.54, 1.807) is 0 Å². The highest BCUT2D eigenvalue weighted by Crippen LogP contribution is 2.50. The first-order chi connectivity index (χ1) is 7.04. The fourth-order valence-corrected chi connectivity index (χ4v) is 2.24. The van der Waals surface area contributed by atoms with Gasteiger partial charge in [0.15, 0.2) is 0 Å². The third-order valence-electron chi connectivity index (χ3n) is 3.42.